The lowest BCUT2D eigenvalue weighted by atomic mass is 9.99. The summed E-state index contributed by atoms with van der Waals surface area (Å²) in [4.78, 5) is 12.8. The van der Waals surface area contributed by atoms with Gasteiger partial charge in [-0.05, 0) is 70.6 Å². The summed E-state index contributed by atoms with van der Waals surface area (Å²) in [5, 5.41) is 40.1. The highest BCUT2D eigenvalue weighted by Crippen LogP contribution is 2.22. The molecule has 1 aliphatic heterocycles. The highest BCUT2D eigenvalue weighted by molar-refractivity contribution is 5.69. The van der Waals surface area contributed by atoms with Gasteiger partial charge in [-0.3, -0.25) is 4.79 Å². The van der Waals surface area contributed by atoms with Crippen molar-refractivity contribution in [1.82, 2.24) is 0 Å². The summed E-state index contributed by atoms with van der Waals surface area (Å²) in [6.07, 6.45) is 35.9. The molecule has 54 heavy (non-hydrogen) atoms. The fourth-order valence-corrected chi connectivity index (χ4v) is 6.52. The maximum atomic E-state index is 12.8. The number of carbonyl (C=O) groups excluding carboxylic acids is 1. The third kappa shape index (κ3) is 27.9. The quantitative estimate of drug-likeness (QED) is 0.0277. The average molecular weight is 767 g/mol. The zero-order valence-electron chi connectivity index (χ0n) is 34.5. The number of aliphatic hydroxyl groups is 4. The fraction of sp³-hybridized carbons (Fsp3) is 0.844. The molecule has 1 fully saturated rings. The van der Waals surface area contributed by atoms with Crippen molar-refractivity contribution in [3.63, 3.8) is 0 Å². The van der Waals surface area contributed by atoms with E-state index in [2.05, 4.69) is 50.3 Å². The molecular formula is C45H82O9. The van der Waals surface area contributed by atoms with Crippen molar-refractivity contribution in [1.29, 1.82) is 0 Å². The summed E-state index contributed by atoms with van der Waals surface area (Å²) in [6.45, 7) is 4.50. The zero-order chi connectivity index (χ0) is 39.3. The summed E-state index contributed by atoms with van der Waals surface area (Å²) in [6, 6.07) is 0. The van der Waals surface area contributed by atoms with Crippen molar-refractivity contribution in [2.24, 2.45) is 0 Å². The smallest absolute Gasteiger partial charge is 0.306 e. The minimum Gasteiger partial charge on any atom is -0.457 e. The molecule has 1 rings (SSSR count). The summed E-state index contributed by atoms with van der Waals surface area (Å²) in [5.74, 6) is -0.324. The highest BCUT2D eigenvalue weighted by Gasteiger charge is 2.44. The lowest BCUT2D eigenvalue weighted by Gasteiger charge is -2.39. The molecule has 0 aromatic rings. The summed E-state index contributed by atoms with van der Waals surface area (Å²) in [7, 11) is 0. The Balaban J connectivity index is 2.28. The van der Waals surface area contributed by atoms with Crippen molar-refractivity contribution in [3.8, 4) is 0 Å². The van der Waals surface area contributed by atoms with Crippen LogP contribution in [0.25, 0.3) is 0 Å². The van der Waals surface area contributed by atoms with Crippen LogP contribution >= 0.6 is 0 Å². The zero-order valence-corrected chi connectivity index (χ0v) is 34.5. The molecule has 6 atom stereocenters. The van der Waals surface area contributed by atoms with E-state index < -0.39 is 43.4 Å². The summed E-state index contributed by atoms with van der Waals surface area (Å²) >= 11 is 0. The summed E-state index contributed by atoms with van der Waals surface area (Å²) < 4.78 is 22.8. The Morgan fingerprint density at radius 3 is 1.65 bits per heavy atom. The number of hydrogen-bond donors (Lipinski definition) is 4. The van der Waals surface area contributed by atoms with Gasteiger partial charge >= 0.3 is 5.97 Å². The largest absolute Gasteiger partial charge is 0.457 e. The van der Waals surface area contributed by atoms with Crippen molar-refractivity contribution < 1.29 is 44.2 Å². The van der Waals surface area contributed by atoms with E-state index in [1.807, 2.05) is 0 Å². The minimum absolute atomic E-state index is 0.118. The van der Waals surface area contributed by atoms with E-state index in [1.54, 1.807) is 0 Å². The molecule has 9 heteroatoms. The van der Waals surface area contributed by atoms with Gasteiger partial charge in [0, 0.05) is 13.0 Å². The first kappa shape index (κ1) is 50.4. The number of hydrogen-bond acceptors (Lipinski definition) is 9. The number of unbranched alkanes of at least 4 members (excludes halogenated alkanes) is 20. The van der Waals surface area contributed by atoms with Gasteiger partial charge in [-0.25, -0.2) is 0 Å². The first-order valence-corrected chi connectivity index (χ1v) is 22.1. The number of aliphatic hydroxyl groups excluding tert-OH is 4. The van der Waals surface area contributed by atoms with Crippen LogP contribution < -0.4 is 0 Å². The van der Waals surface area contributed by atoms with Crippen molar-refractivity contribution in [2.45, 2.75) is 218 Å². The Hall–Kier alpha value is -1.59. The van der Waals surface area contributed by atoms with Crippen LogP contribution in [-0.2, 0) is 23.7 Å². The molecule has 1 heterocycles. The van der Waals surface area contributed by atoms with Crippen LogP contribution in [0, 0.1) is 0 Å². The third-order valence-electron chi connectivity index (χ3n) is 10.0. The van der Waals surface area contributed by atoms with Crippen LogP contribution in [0.5, 0.6) is 0 Å². The topological polar surface area (TPSA) is 135 Å². The Morgan fingerprint density at radius 1 is 0.593 bits per heavy atom. The van der Waals surface area contributed by atoms with Crippen LogP contribution in [-0.4, -0.2) is 89.6 Å². The number of carbonyl (C=O) groups is 1. The summed E-state index contributed by atoms with van der Waals surface area (Å²) in [5.41, 5.74) is 0. The predicted molar refractivity (Wildman–Crippen MR) is 219 cm³/mol. The molecule has 1 aliphatic rings. The molecule has 0 aliphatic carbocycles. The molecule has 0 spiro atoms. The standard InChI is InChI=1S/C45H82O9/c1-3-5-7-9-11-13-15-17-19-20-21-22-24-26-28-30-32-34-41(47)53-39(38-52-45-44(50)43(49)42(48)40(36-46)54-45)37-51-35-33-31-29-27-25-23-18-16-14-12-10-8-6-4-2/h11,13-14,16-17,19,39-40,42-46,48-50H,3-10,12,15,18,20-38H2,1-2H3/b13-11-,16-14-,19-17-. The number of esters is 1. The van der Waals surface area contributed by atoms with Crippen LogP contribution in [0.1, 0.15) is 181 Å². The van der Waals surface area contributed by atoms with E-state index in [1.165, 1.54) is 109 Å². The number of ether oxygens (including phenoxy) is 4. The molecular weight excluding hydrogens is 684 g/mol. The van der Waals surface area contributed by atoms with Crippen LogP contribution in [0.2, 0.25) is 0 Å². The first-order valence-electron chi connectivity index (χ1n) is 22.1. The molecule has 0 aromatic carbocycles. The Morgan fingerprint density at radius 2 is 1.07 bits per heavy atom. The van der Waals surface area contributed by atoms with Gasteiger partial charge in [0.05, 0.1) is 19.8 Å². The van der Waals surface area contributed by atoms with E-state index in [9.17, 15) is 25.2 Å². The monoisotopic (exact) mass is 767 g/mol. The second-order valence-corrected chi connectivity index (χ2v) is 15.1. The number of rotatable bonds is 37. The maximum absolute atomic E-state index is 12.8. The van der Waals surface area contributed by atoms with E-state index in [-0.39, 0.29) is 19.2 Å². The highest BCUT2D eigenvalue weighted by atomic mass is 16.7. The van der Waals surface area contributed by atoms with Gasteiger partial charge in [-0.2, -0.15) is 0 Å². The first-order chi connectivity index (χ1) is 26.4. The lowest BCUT2D eigenvalue weighted by molar-refractivity contribution is -0.305. The molecule has 0 saturated carbocycles. The van der Waals surface area contributed by atoms with E-state index in [0.29, 0.717) is 13.0 Å². The number of allylic oxidation sites excluding steroid dienone is 6. The Bertz CT molecular complexity index is 921. The molecule has 1 saturated heterocycles. The van der Waals surface area contributed by atoms with Gasteiger partial charge in [0.15, 0.2) is 6.29 Å². The SMILES string of the molecule is CCCCC/C=C\C/C=C\CCCCCCCCCC(=O)OC(COCCCCCCCC/C=C\CCCCCC)COC1OC(CO)C(O)C(O)C1O. The van der Waals surface area contributed by atoms with Gasteiger partial charge in [0.2, 0.25) is 0 Å². The Labute approximate surface area is 330 Å². The molecule has 6 unspecified atom stereocenters. The van der Waals surface area contributed by atoms with Crippen LogP contribution in [0.3, 0.4) is 0 Å². The third-order valence-corrected chi connectivity index (χ3v) is 10.0. The van der Waals surface area contributed by atoms with Crippen LogP contribution in [0.4, 0.5) is 0 Å². The molecule has 316 valence electrons. The van der Waals surface area contributed by atoms with Crippen molar-refractivity contribution >= 4 is 5.97 Å². The van der Waals surface area contributed by atoms with Gasteiger partial charge in [0.25, 0.3) is 0 Å². The second-order valence-electron chi connectivity index (χ2n) is 15.1. The average Bonchev–Trinajstić information content (AvgIpc) is 3.17. The van der Waals surface area contributed by atoms with E-state index in [0.717, 1.165) is 51.4 Å². The molecule has 0 radical (unpaired) electrons. The maximum Gasteiger partial charge on any atom is 0.306 e. The van der Waals surface area contributed by atoms with E-state index >= 15 is 0 Å². The van der Waals surface area contributed by atoms with Gasteiger partial charge in [-0.15, -0.1) is 0 Å². The normalized spacial score (nSPS) is 21.2. The fourth-order valence-electron chi connectivity index (χ4n) is 6.52. The van der Waals surface area contributed by atoms with Crippen LogP contribution in [0.15, 0.2) is 36.5 Å². The second kappa shape index (κ2) is 37.0. The van der Waals surface area contributed by atoms with Crippen molar-refractivity contribution in [2.75, 3.05) is 26.4 Å². The predicted octanol–water partition coefficient (Wildman–Crippen LogP) is 9.58. The van der Waals surface area contributed by atoms with Gasteiger partial charge < -0.3 is 39.4 Å². The Kier molecular flexibility index (Phi) is 34.6. The van der Waals surface area contributed by atoms with Gasteiger partial charge in [-0.1, -0.05) is 140 Å². The molecule has 4 N–H and O–H groups in total. The minimum atomic E-state index is -1.54. The molecule has 0 amide bonds. The molecule has 0 bridgehead atoms. The lowest BCUT2D eigenvalue weighted by Crippen LogP contribution is -2.59. The van der Waals surface area contributed by atoms with Gasteiger partial charge in [0.1, 0.15) is 30.5 Å². The molecule has 9 nitrogen and oxygen atoms in total. The molecule has 0 aromatic heterocycles. The van der Waals surface area contributed by atoms with Crippen molar-refractivity contribution in [3.05, 3.63) is 36.5 Å². The van der Waals surface area contributed by atoms with E-state index in [4.69, 9.17) is 18.9 Å².